The van der Waals surface area contributed by atoms with Crippen LogP contribution in [0.1, 0.15) is 16.7 Å². The average Bonchev–Trinajstić information content (AvgIpc) is 2.36. The Bertz CT molecular complexity index is 642. The van der Waals surface area contributed by atoms with E-state index in [0.717, 1.165) is 22.4 Å². The second kappa shape index (κ2) is 6.40. The van der Waals surface area contributed by atoms with Gasteiger partial charge in [0.15, 0.2) is 0 Å². The Labute approximate surface area is 124 Å². The van der Waals surface area contributed by atoms with Gasteiger partial charge in [-0.15, -0.1) is 0 Å². The lowest BCUT2D eigenvalue weighted by Gasteiger charge is -2.05. The molecule has 0 saturated carbocycles. The zero-order valence-corrected chi connectivity index (χ0v) is 12.2. The minimum absolute atomic E-state index is 0.171. The van der Waals surface area contributed by atoms with E-state index < -0.39 is 0 Å². The van der Waals surface area contributed by atoms with Crippen LogP contribution in [-0.4, -0.2) is 5.91 Å². The van der Waals surface area contributed by atoms with Crippen LogP contribution in [0.2, 0.25) is 5.02 Å². The first kappa shape index (κ1) is 14.4. The second-order valence-corrected chi connectivity index (χ2v) is 5.13. The highest BCUT2D eigenvalue weighted by atomic mass is 35.5. The summed E-state index contributed by atoms with van der Waals surface area (Å²) in [5.41, 5.74) is 3.87. The third-order valence-electron chi connectivity index (χ3n) is 2.81. The van der Waals surface area contributed by atoms with Gasteiger partial charge in [-0.3, -0.25) is 4.79 Å². The van der Waals surface area contributed by atoms with Gasteiger partial charge in [0.25, 0.3) is 0 Å². The Morgan fingerprint density at radius 2 is 1.75 bits per heavy atom. The van der Waals surface area contributed by atoms with E-state index in [1.807, 2.05) is 44.2 Å². The van der Waals surface area contributed by atoms with Gasteiger partial charge >= 0.3 is 0 Å². The highest BCUT2D eigenvalue weighted by molar-refractivity contribution is 6.32. The second-order valence-electron chi connectivity index (χ2n) is 4.72. The Morgan fingerprint density at radius 3 is 2.40 bits per heavy atom. The van der Waals surface area contributed by atoms with Crippen LogP contribution in [0.15, 0.2) is 48.5 Å². The summed E-state index contributed by atoms with van der Waals surface area (Å²) in [6, 6.07) is 13.3. The number of rotatable bonds is 3. The van der Waals surface area contributed by atoms with Gasteiger partial charge in [-0.25, -0.2) is 0 Å². The number of hydrogen-bond acceptors (Lipinski definition) is 1. The van der Waals surface area contributed by atoms with Crippen LogP contribution in [-0.2, 0) is 4.79 Å². The molecule has 0 bridgehead atoms. The number of halogens is 1. The van der Waals surface area contributed by atoms with Gasteiger partial charge in [0.1, 0.15) is 0 Å². The van der Waals surface area contributed by atoms with Crippen LogP contribution >= 0.6 is 11.6 Å². The van der Waals surface area contributed by atoms with Crippen LogP contribution in [0, 0.1) is 13.8 Å². The van der Waals surface area contributed by atoms with E-state index in [0.29, 0.717) is 5.02 Å². The molecule has 3 heteroatoms. The largest absolute Gasteiger partial charge is 0.322 e. The minimum Gasteiger partial charge on any atom is -0.322 e. The zero-order valence-electron chi connectivity index (χ0n) is 11.5. The van der Waals surface area contributed by atoms with Crippen LogP contribution in [0.4, 0.5) is 5.69 Å². The molecule has 2 nitrogen and oxygen atoms in total. The van der Waals surface area contributed by atoms with Crippen molar-refractivity contribution in [2.45, 2.75) is 13.8 Å². The number of aryl methyl sites for hydroxylation is 2. The van der Waals surface area contributed by atoms with E-state index in [-0.39, 0.29) is 5.91 Å². The molecule has 102 valence electrons. The molecular weight excluding hydrogens is 270 g/mol. The van der Waals surface area contributed by atoms with Crippen LogP contribution in [0.3, 0.4) is 0 Å². The molecule has 0 radical (unpaired) electrons. The Kier molecular flexibility index (Phi) is 4.59. The summed E-state index contributed by atoms with van der Waals surface area (Å²) in [7, 11) is 0. The highest BCUT2D eigenvalue weighted by Gasteiger charge is 2.00. The summed E-state index contributed by atoms with van der Waals surface area (Å²) in [5.74, 6) is -0.171. The Hall–Kier alpha value is -2.06. The maximum atomic E-state index is 11.9. The lowest BCUT2D eigenvalue weighted by molar-refractivity contribution is -0.111. The summed E-state index contributed by atoms with van der Waals surface area (Å²) in [6.07, 6.45) is 3.19. The van der Waals surface area contributed by atoms with Crippen LogP contribution < -0.4 is 5.32 Å². The molecule has 0 aromatic heterocycles. The quantitative estimate of drug-likeness (QED) is 0.820. The predicted molar refractivity (Wildman–Crippen MR) is 85.0 cm³/mol. The van der Waals surface area contributed by atoms with Gasteiger partial charge in [-0.2, -0.15) is 0 Å². The van der Waals surface area contributed by atoms with Gasteiger partial charge < -0.3 is 5.32 Å². The van der Waals surface area contributed by atoms with E-state index in [2.05, 4.69) is 11.4 Å². The predicted octanol–water partition coefficient (Wildman–Crippen LogP) is 4.61. The maximum absolute atomic E-state index is 11.9. The van der Waals surface area contributed by atoms with Crippen molar-refractivity contribution in [3.8, 4) is 0 Å². The monoisotopic (exact) mass is 285 g/mol. The molecule has 0 aliphatic carbocycles. The van der Waals surface area contributed by atoms with Crippen molar-refractivity contribution in [2.24, 2.45) is 0 Å². The number of benzene rings is 2. The summed E-state index contributed by atoms with van der Waals surface area (Å²) >= 11 is 6.03. The topological polar surface area (TPSA) is 29.1 Å². The molecular formula is C17H16ClNO. The number of nitrogens with one attached hydrogen (secondary N) is 1. The smallest absolute Gasteiger partial charge is 0.248 e. The van der Waals surface area contributed by atoms with Crippen molar-refractivity contribution in [3.05, 3.63) is 70.3 Å². The van der Waals surface area contributed by atoms with E-state index in [1.165, 1.54) is 6.08 Å². The molecule has 0 spiro atoms. The van der Waals surface area contributed by atoms with Crippen molar-refractivity contribution >= 4 is 29.3 Å². The molecule has 0 fully saturated rings. The maximum Gasteiger partial charge on any atom is 0.248 e. The van der Waals surface area contributed by atoms with E-state index >= 15 is 0 Å². The summed E-state index contributed by atoms with van der Waals surface area (Å²) in [6.45, 7) is 4.00. The number of anilines is 1. The number of hydrogen-bond donors (Lipinski definition) is 1. The lowest BCUT2D eigenvalue weighted by atomic mass is 10.1. The van der Waals surface area contributed by atoms with Crippen molar-refractivity contribution in [1.82, 2.24) is 0 Å². The molecule has 0 aliphatic rings. The van der Waals surface area contributed by atoms with Crippen LogP contribution in [0.25, 0.3) is 6.08 Å². The SMILES string of the molecule is Cc1cc(C)cc(NC(=O)C=Cc2ccccc2Cl)c1. The van der Waals surface area contributed by atoms with Crippen molar-refractivity contribution in [1.29, 1.82) is 0 Å². The molecule has 2 rings (SSSR count). The molecule has 1 N–H and O–H groups in total. The van der Waals surface area contributed by atoms with Crippen molar-refractivity contribution in [3.63, 3.8) is 0 Å². The lowest BCUT2D eigenvalue weighted by Crippen LogP contribution is -2.08. The Balaban J connectivity index is 2.07. The zero-order chi connectivity index (χ0) is 14.5. The summed E-state index contributed by atoms with van der Waals surface area (Å²) < 4.78 is 0. The van der Waals surface area contributed by atoms with Gasteiger partial charge in [-0.05, 0) is 54.8 Å². The van der Waals surface area contributed by atoms with E-state index in [4.69, 9.17) is 11.6 Å². The normalized spacial score (nSPS) is 10.8. The standard InChI is InChI=1S/C17H16ClNO/c1-12-9-13(2)11-15(10-12)19-17(20)8-7-14-5-3-4-6-16(14)18/h3-11H,1-2H3,(H,19,20). The van der Waals surface area contributed by atoms with Gasteiger partial charge in [0.05, 0.1) is 0 Å². The fourth-order valence-corrected chi connectivity index (χ4v) is 2.21. The van der Waals surface area contributed by atoms with Gasteiger partial charge in [0, 0.05) is 16.8 Å². The fourth-order valence-electron chi connectivity index (χ4n) is 2.01. The molecule has 0 atom stereocenters. The van der Waals surface area contributed by atoms with E-state index in [1.54, 1.807) is 12.1 Å². The highest BCUT2D eigenvalue weighted by Crippen LogP contribution is 2.17. The molecule has 0 saturated heterocycles. The third kappa shape index (κ3) is 3.97. The first-order valence-corrected chi connectivity index (χ1v) is 6.74. The van der Waals surface area contributed by atoms with E-state index in [9.17, 15) is 4.79 Å². The van der Waals surface area contributed by atoms with Crippen LogP contribution in [0.5, 0.6) is 0 Å². The molecule has 0 aliphatic heterocycles. The first-order chi connectivity index (χ1) is 9.54. The summed E-state index contributed by atoms with van der Waals surface area (Å²) in [5, 5.41) is 3.47. The minimum atomic E-state index is -0.171. The van der Waals surface area contributed by atoms with Crippen molar-refractivity contribution in [2.75, 3.05) is 5.32 Å². The number of carbonyl (C=O) groups is 1. The number of amides is 1. The van der Waals surface area contributed by atoms with Gasteiger partial charge in [0.2, 0.25) is 5.91 Å². The molecule has 2 aromatic rings. The molecule has 2 aromatic carbocycles. The number of carbonyl (C=O) groups excluding carboxylic acids is 1. The molecule has 1 amide bonds. The molecule has 0 unspecified atom stereocenters. The third-order valence-corrected chi connectivity index (χ3v) is 3.15. The molecule has 20 heavy (non-hydrogen) atoms. The van der Waals surface area contributed by atoms with Gasteiger partial charge in [-0.1, -0.05) is 35.9 Å². The summed E-state index contributed by atoms with van der Waals surface area (Å²) in [4.78, 5) is 11.9. The molecule has 0 heterocycles. The fraction of sp³-hybridized carbons (Fsp3) is 0.118. The van der Waals surface area contributed by atoms with Crippen molar-refractivity contribution < 1.29 is 4.79 Å². The average molecular weight is 286 g/mol. The Morgan fingerprint density at radius 1 is 1.10 bits per heavy atom. The first-order valence-electron chi connectivity index (χ1n) is 6.36.